The van der Waals surface area contributed by atoms with Crippen LogP contribution in [0.15, 0.2) is 41.5 Å². The summed E-state index contributed by atoms with van der Waals surface area (Å²) < 4.78 is 0. The highest BCUT2D eigenvalue weighted by Crippen LogP contribution is 2.25. The molecular formula is C20H23N5O2. The van der Waals surface area contributed by atoms with Crippen molar-refractivity contribution >= 4 is 17.2 Å². The highest BCUT2D eigenvalue weighted by molar-refractivity contribution is 6.00. The van der Waals surface area contributed by atoms with Crippen LogP contribution < -0.4 is 4.90 Å². The Bertz CT molecular complexity index is 897. The lowest BCUT2D eigenvalue weighted by Gasteiger charge is -2.36. The average Bonchev–Trinajstić information content (AvgIpc) is 2.63. The van der Waals surface area contributed by atoms with Crippen molar-refractivity contribution in [3.8, 4) is 5.75 Å². The number of phenolic OH excluding ortho intramolecular Hbond substituents is 1. The number of Topliss-reactive ketones (excluding diaryl/α,β-unsaturated/α-hetero) is 1. The Morgan fingerprint density at radius 2 is 1.89 bits per heavy atom. The van der Waals surface area contributed by atoms with E-state index in [-0.39, 0.29) is 29.3 Å². The predicted molar refractivity (Wildman–Crippen MR) is 106 cm³/mol. The first-order valence-electron chi connectivity index (χ1n) is 8.94. The molecule has 1 N–H and O–H groups in total. The molecule has 1 aliphatic heterocycles. The summed E-state index contributed by atoms with van der Waals surface area (Å²) in [5.74, 6) is -0.293. The SMILES string of the molecule is Cc1ccc(N2CCN(CC(=O)c3ccc(N=[N+]=[N-])cc3O)CC2)c(C)c1. The summed E-state index contributed by atoms with van der Waals surface area (Å²) in [6, 6.07) is 10.8. The van der Waals surface area contributed by atoms with Crippen molar-refractivity contribution in [1.82, 2.24) is 4.90 Å². The largest absolute Gasteiger partial charge is 0.507 e. The number of benzene rings is 2. The summed E-state index contributed by atoms with van der Waals surface area (Å²) in [4.78, 5) is 19.7. The summed E-state index contributed by atoms with van der Waals surface area (Å²) in [7, 11) is 0. The first-order valence-corrected chi connectivity index (χ1v) is 8.94. The van der Waals surface area contributed by atoms with E-state index in [2.05, 4.69) is 51.9 Å². The molecule has 27 heavy (non-hydrogen) atoms. The minimum absolute atomic E-state index is 0.139. The molecule has 2 aromatic rings. The number of hydrogen-bond acceptors (Lipinski definition) is 5. The zero-order chi connectivity index (χ0) is 19.4. The fourth-order valence-electron chi connectivity index (χ4n) is 3.47. The molecular weight excluding hydrogens is 342 g/mol. The Morgan fingerprint density at radius 1 is 1.15 bits per heavy atom. The maximum Gasteiger partial charge on any atom is 0.180 e. The summed E-state index contributed by atoms with van der Waals surface area (Å²) in [6.07, 6.45) is 0. The van der Waals surface area contributed by atoms with Crippen molar-refractivity contribution in [1.29, 1.82) is 0 Å². The fraction of sp³-hybridized carbons (Fsp3) is 0.350. The van der Waals surface area contributed by atoms with E-state index in [0.717, 1.165) is 26.2 Å². The van der Waals surface area contributed by atoms with E-state index in [0.29, 0.717) is 0 Å². The molecule has 1 saturated heterocycles. The van der Waals surface area contributed by atoms with E-state index in [1.165, 1.54) is 35.0 Å². The number of hydrogen-bond donors (Lipinski definition) is 1. The molecule has 0 radical (unpaired) electrons. The van der Waals surface area contributed by atoms with Gasteiger partial charge < -0.3 is 10.0 Å². The van der Waals surface area contributed by atoms with E-state index < -0.39 is 0 Å². The Labute approximate surface area is 158 Å². The van der Waals surface area contributed by atoms with Gasteiger partial charge in [-0.3, -0.25) is 9.69 Å². The number of nitrogens with zero attached hydrogens (tertiary/aromatic N) is 5. The second-order valence-electron chi connectivity index (χ2n) is 6.87. The molecule has 3 rings (SSSR count). The lowest BCUT2D eigenvalue weighted by Crippen LogP contribution is -2.48. The van der Waals surface area contributed by atoms with E-state index >= 15 is 0 Å². The van der Waals surface area contributed by atoms with E-state index in [9.17, 15) is 9.90 Å². The minimum Gasteiger partial charge on any atom is -0.507 e. The second kappa shape index (κ2) is 8.12. The van der Waals surface area contributed by atoms with Gasteiger partial charge in [-0.1, -0.05) is 28.9 Å². The van der Waals surface area contributed by atoms with Crippen LogP contribution in [0.25, 0.3) is 10.4 Å². The number of aryl methyl sites for hydroxylation is 2. The van der Waals surface area contributed by atoms with Gasteiger partial charge in [0, 0.05) is 42.5 Å². The summed E-state index contributed by atoms with van der Waals surface area (Å²) >= 11 is 0. The lowest BCUT2D eigenvalue weighted by molar-refractivity contribution is 0.0924. The van der Waals surface area contributed by atoms with Crippen LogP contribution in [-0.4, -0.2) is 48.5 Å². The monoisotopic (exact) mass is 365 g/mol. The predicted octanol–water partition coefficient (Wildman–Crippen LogP) is 3.96. The second-order valence-corrected chi connectivity index (χ2v) is 6.87. The van der Waals surface area contributed by atoms with Crippen LogP contribution in [0.4, 0.5) is 11.4 Å². The molecule has 0 aromatic heterocycles. The highest BCUT2D eigenvalue weighted by Gasteiger charge is 2.21. The van der Waals surface area contributed by atoms with Gasteiger partial charge in [-0.2, -0.15) is 0 Å². The number of azide groups is 1. The van der Waals surface area contributed by atoms with Gasteiger partial charge in [-0.05, 0) is 43.1 Å². The third-order valence-electron chi connectivity index (χ3n) is 4.87. The fourth-order valence-corrected chi connectivity index (χ4v) is 3.47. The van der Waals surface area contributed by atoms with Crippen LogP contribution in [0.3, 0.4) is 0 Å². The third kappa shape index (κ3) is 4.39. The van der Waals surface area contributed by atoms with Crippen LogP contribution in [0, 0.1) is 13.8 Å². The van der Waals surface area contributed by atoms with Crippen molar-refractivity contribution in [3.63, 3.8) is 0 Å². The quantitative estimate of drug-likeness (QED) is 0.376. The molecule has 0 unspecified atom stereocenters. The van der Waals surface area contributed by atoms with Crippen molar-refractivity contribution in [2.75, 3.05) is 37.6 Å². The van der Waals surface area contributed by atoms with Gasteiger partial charge in [-0.15, -0.1) is 0 Å². The molecule has 1 aliphatic rings. The van der Waals surface area contributed by atoms with Gasteiger partial charge in [0.1, 0.15) is 5.75 Å². The molecule has 2 aromatic carbocycles. The van der Waals surface area contributed by atoms with Gasteiger partial charge in [0.25, 0.3) is 0 Å². The summed E-state index contributed by atoms with van der Waals surface area (Å²) in [5.41, 5.74) is 12.8. The normalized spacial score (nSPS) is 14.7. The van der Waals surface area contributed by atoms with Crippen LogP contribution in [0.5, 0.6) is 5.75 Å². The molecule has 0 spiro atoms. The van der Waals surface area contributed by atoms with Gasteiger partial charge in [0.2, 0.25) is 0 Å². The van der Waals surface area contributed by atoms with E-state index in [1.807, 2.05) is 0 Å². The van der Waals surface area contributed by atoms with E-state index in [4.69, 9.17) is 5.53 Å². The Hall–Kier alpha value is -3.02. The number of rotatable bonds is 5. The Balaban J connectivity index is 1.60. The van der Waals surface area contributed by atoms with Crippen molar-refractivity contribution in [3.05, 3.63) is 63.5 Å². The van der Waals surface area contributed by atoms with Crippen LogP contribution in [0.1, 0.15) is 21.5 Å². The first kappa shape index (κ1) is 18.8. The van der Waals surface area contributed by atoms with E-state index in [1.54, 1.807) is 0 Å². The topological polar surface area (TPSA) is 92.5 Å². The van der Waals surface area contributed by atoms with Gasteiger partial charge in [0.05, 0.1) is 12.1 Å². The minimum atomic E-state index is -0.154. The third-order valence-corrected chi connectivity index (χ3v) is 4.87. The zero-order valence-electron chi connectivity index (χ0n) is 15.6. The number of carbonyl (C=O) groups excluding carboxylic acids is 1. The summed E-state index contributed by atoms with van der Waals surface area (Å²) in [5, 5.41) is 13.5. The average molecular weight is 365 g/mol. The number of phenols is 1. The number of carbonyl (C=O) groups is 1. The molecule has 1 fully saturated rings. The molecule has 1 heterocycles. The van der Waals surface area contributed by atoms with Gasteiger partial charge in [0.15, 0.2) is 5.78 Å². The van der Waals surface area contributed by atoms with Crippen molar-refractivity contribution in [2.45, 2.75) is 13.8 Å². The number of aromatic hydroxyl groups is 1. The Morgan fingerprint density at radius 3 is 2.52 bits per heavy atom. The lowest BCUT2D eigenvalue weighted by atomic mass is 10.1. The molecule has 0 saturated carbocycles. The summed E-state index contributed by atoms with van der Waals surface area (Å²) in [6.45, 7) is 7.77. The number of ketones is 1. The van der Waals surface area contributed by atoms with Crippen molar-refractivity contribution < 1.29 is 9.90 Å². The van der Waals surface area contributed by atoms with Gasteiger partial charge in [-0.25, -0.2) is 0 Å². The standard InChI is InChI=1S/C20H23N5O2/c1-14-3-6-18(15(2)11-14)25-9-7-24(8-10-25)13-20(27)17-5-4-16(22-23-21)12-19(17)26/h3-6,11-12,26H,7-10,13H2,1-2H3. The van der Waals surface area contributed by atoms with Crippen molar-refractivity contribution in [2.24, 2.45) is 5.11 Å². The molecule has 0 bridgehead atoms. The van der Waals surface area contributed by atoms with Crippen LogP contribution in [-0.2, 0) is 0 Å². The number of anilines is 1. The molecule has 7 nitrogen and oxygen atoms in total. The molecule has 140 valence electrons. The Kier molecular flexibility index (Phi) is 5.64. The molecule has 0 atom stereocenters. The van der Waals surface area contributed by atoms with Crippen LogP contribution >= 0.6 is 0 Å². The zero-order valence-corrected chi connectivity index (χ0v) is 15.6. The number of piperazine rings is 1. The van der Waals surface area contributed by atoms with Crippen LogP contribution in [0.2, 0.25) is 0 Å². The molecule has 0 aliphatic carbocycles. The molecule has 0 amide bonds. The highest BCUT2D eigenvalue weighted by atomic mass is 16.3. The smallest absolute Gasteiger partial charge is 0.180 e. The maximum atomic E-state index is 12.5. The van der Waals surface area contributed by atoms with Gasteiger partial charge >= 0.3 is 0 Å². The first-order chi connectivity index (χ1) is 13.0. The molecule has 7 heteroatoms. The maximum absolute atomic E-state index is 12.5.